The first-order chi connectivity index (χ1) is 11.7. The summed E-state index contributed by atoms with van der Waals surface area (Å²) in [5.41, 5.74) is 0. The molecule has 5 heteroatoms. The maximum Gasteiger partial charge on any atom is 0.232 e. The smallest absolute Gasteiger partial charge is 0.232 e. The fourth-order valence-corrected chi connectivity index (χ4v) is 4.12. The lowest BCUT2D eigenvalue weighted by Crippen LogP contribution is -2.35. The van der Waals surface area contributed by atoms with Crippen LogP contribution in [0.25, 0.3) is 0 Å². The molecule has 0 aromatic carbocycles. The zero-order chi connectivity index (χ0) is 17.5. The third-order valence-electron chi connectivity index (χ3n) is 4.57. The highest BCUT2D eigenvalue weighted by Crippen LogP contribution is 2.11. The van der Waals surface area contributed by atoms with Gasteiger partial charge in [0.05, 0.1) is 6.10 Å². The molecule has 0 spiro atoms. The van der Waals surface area contributed by atoms with Gasteiger partial charge in [0.2, 0.25) is 5.91 Å². The van der Waals surface area contributed by atoms with E-state index in [0.717, 1.165) is 32.3 Å². The van der Waals surface area contributed by atoms with E-state index < -0.39 is 10.8 Å². The SMILES string of the molecule is CCCCCCCCCCCCS(=O)CC(=O)NCC1CCCO1. The summed E-state index contributed by atoms with van der Waals surface area (Å²) in [6.07, 6.45) is 15.0. The van der Waals surface area contributed by atoms with Gasteiger partial charge in [0.15, 0.2) is 0 Å². The van der Waals surface area contributed by atoms with E-state index in [2.05, 4.69) is 12.2 Å². The Hall–Kier alpha value is -0.420. The molecule has 1 rings (SSSR count). The molecule has 24 heavy (non-hydrogen) atoms. The van der Waals surface area contributed by atoms with E-state index in [-0.39, 0.29) is 17.8 Å². The van der Waals surface area contributed by atoms with Crippen LogP contribution in [0.15, 0.2) is 0 Å². The Kier molecular flexibility index (Phi) is 13.4. The molecule has 1 saturated heterocycles. The summed E-state index contributed by atoms with van der Waals surface area (Å²) in [4.78, 5) is 11.7. The van der Waals surface area contributed by atoms with Crippen molar-refractivity contribution in [3.63, 3.8) is 0 Å². The standard InChI is InChI=1S/C19H37NO3S/c1-2-3-4-5-6-7-8-9-10-11-15-24(22)17-19(21)20-16-18-13-12-14-23-18/h18H,2-17H2,1H3,(H,20,21). The maximum absolute atomic E-state index is 11.9. The number of hydrogen-bond acceptors (Lipinski definition) is 3. The average Bonchev–Trinajstić information content (AvgIpc) is 3.08. The third kappa shape index (κ3) is 12.0. The molecule has 2 atom stereocenters. The van der Waals surface area contributed by atoms with Crippen molar-refractivity contribution in [2.45, 2.75) is 90.1 Å². The van der Waals surface area contributed by atoms with E-state index in [4.69, 9.17) is 4.74 Å². The molecule has 0 saturated carbocycles. The average molecular weight is 360 g/mol. The maximum atomic E-state index is 11.9. The van der Waals surface area contributed by atoms with E-state index >= 15 is 0 Å². The number of ether oxygens (including phenoxy) is 1. The summed E-state index contributed by atoms with van der Waals surface area (Å²) in [7, 11) is -1.02. The van der Waals surface area contributed by atoms with Gasteiger partial charge in [-0.05, 0) is 19.3 Å². The van der Waals surface area contributed by atoms with Crippen LogP contribution in [0.3, 0.4) is 0 Å². The van der Waals surface area contributed by atoms with Gasteiger partial charge in [-0.15, -0.1) is 0 Å². The van der Waals surface area contributed by atoms with Crippen LogP contribution in [0.5, 0.6) is 0 Å². The van der Waals surface area contributed by atoms with Crippen LogP contribution in [0.1, 0.15) is 84.0 Å². The molecule has 0 bridgehead atoms. The number of nitrogens with one attached hydrogen (secondary N) is 1. The van der Waals surface area contributed by atoms with Crippen LogP contribution in [-0.2, 0) is 20.3 Å². The van der Waals surface area contributed by atoms with Crippen molar-refractivity contribution >= 4 is 16.7 Å². The molecule has 4 nitrogen and oxygen atoms in total. The quantitative estimate of drug-likeness (QED) is 0.450. The third-order valence-corrected chi connectivity index (χ3v) is 5.90. The topological polar surface area (TPSA) is 55.4 Å². The monoisotopic (exact) mass is 359 g/mol. The number of carbonyl (C=O) groups excluding carboxylic acids is 1. The summed E-state index contributed by atoms with van der Waals surface area (Å²) in [6.45, 7) is 3.61. The van der Waals surface area contributed by atoms with Gasteiger partial charge in [0, 0.05) is 29.7 Å². The number of amides is 1. The molecule has 0 aliphatic carbocycles. The Labute approximate surface area is 151 Å². The fraction of sp³-hybridized carbons (Fsp3) is 0.947. The van der Waals surface area contributed by atoms with Gasteiger partial charge in [0.25, 0.3) is 0 Å². The van der Waals surface area contributed by atoms with Gasteiger partial charge >= 0.3 is 0 Å². The molecule has 1 N–H and O–H groups in total. The summed E-state index contributed by atoms with van der Waals surface area (Å²) >= 11 is 0. The number of rotatable bonds is 15. The molecule has 142 valence electrons. The second kappa shape index (κ2) is 14.9. The van der Waals surface area contributed by atoms with E-state index in [1.165, 1.54) is 51.4 Å². The molecule has 0 aromatic heterocycles. The lowest BCUT2D eigenvalue weighted by Gasteiger charge is -2.10. The van der Waals surface area contributed by atoms with Crippen LogP contribution in [0, 0.1) is 0 Å². The van der Waals surface area contributed by atoms with Crippen LogP contribution in [0.4, 0.5) is 0 Å². The van der Waals surface area contributed by atoms with Gasteiger partial charge in [-0.3, -0.25) is 9.00 Å². The molecule has 0 radical (unpaired) electrons. The molecule has 0 aromatic rings. The van der Waals surface area contributed by atoms with Crippen molar-refractivity contribution in [2.75, 3.05) is 24.7 Å². The Morgan fingerprint density at radius 2 is 1.67 bits per heavy atom. The first-order valence-electron chi connectivity index (χ1n) is 9.95. The van der Waals surface area contributed by atoms with Gasteiger partial charge < -0.3 is 10.1 Å². The van der Waals surface area contributed by atoms with Gasteiger partial charge in [-0.2, -0.15) is 0 Å². The van der Waals surface area contributed by atoms with Gasteiger partial charge in [-0.1, -0.05) is 64.7 Å². The van der Waals surface area contributed by atoms with Crippen molar-refractivity contribution in [1.82, 2.24) is 5.32 Å². The molecule has 1 aliphatic rings. The highest BCUT2D eigenvalue weighted by molar-refractivity contribution is 7.85. The summed E-state index contributed by atoms with van der Waals surface area (Å²) < 4.78 is 17.4. The molecular weight excluding hydrogens is 322 g/mol. The van der Waals surface area contributed by atoms with Crippen LogP contribution < -0.4 is 5.32 Å². The zero-order valence-electron chi connectivity index (χ0n) is 15.5. The lowest BCUT2D eigenvalue weighted by molar-refractivity contribution is -0.119. The van der Waals surface area contributed by atoms with Crippen molar-refractivity contribution in [1.29, 1.82) is 0 Å². The zero-order valence-corrected chi connectivity index (χ0v) is 16.3. The highest BCUT2D eigenvalue weighted by atomic mass is 32.2. The number of unbranched alkanes of at least 4 members (excludes halogenated alkanes) is 9. The predicted octanol–water partition coefficient (Wildman–Crippen LogP) is 3.95. The Morgan fingerprint density at radius 1 is 1.04 bits per heavy atom. The van der Waals surface area contributed by atoms with Gasteiger partial charge in [-0.25, -0.2) is 0 Å². The molecule has 2 unspecified atom stereocenters. The second-order valence-electron chi connectivity index (χ2n) is 6.91. The number of hydrogen-bond donors (Lipinski definition) is 1. The lowest BCUT2D eigenvalue weighted by atomic mass is 10.1. The van der Waals surface area contributed by atoms with Gasteiger partial charge in [0.1, 0.15) is 5.75 Å². The van der Waals surface area contributed by atoms with E-state index in [9.17, 15) is 9.00 Å². The van der Waals surface area contributed by atoms with Crippen LogP contribution in [0.2, 0.25) is 0 Å². The van der Waals surface area contributed by atoms with Crippen molar-refractivity contribution in [2.24, 2.45) is 0 Å². The summed E-state index contributed by atoms with van der Waals surface area (Å²) in [5, 5.41) is 2.84. The Balaban J connectivity index is 1.86. The largest absolute Gasteiger partial charge is 0.376 e. The van der Waals surface area contributed by atoms with E-state index in [1.54, 1.807) is 0 Å². The number of carbonyl (C=O) groups is 1. The second-order valence-corrected chi connectivity index (χ2v) is 8.49. The van der Waals surface area contributed by atoms with Crippen molar-refractivity contribution < 1.29 is 13.7 Å². The minimum Gasteiger partial charge on any atom is -0.376 e. The first kappa shape index (κ1) is 21.6. The molecule has 1 heterocycles. The highest BCUT2D eigenvalue weighted by Gasteiger charge is 2.16. The fourth-order valence-electron chi connectivity index (χ4n) is 3.05. The van der Waals surface area contributed by atoms with Crippen molar-refractivity contribution in [3.8, 4) is 0 Å². The normalized spacial score (nSPS) is 18.6. The van der Waals surface area contributed by atoms with Crippen LogP contribution in [-0.4, -0.2) is 40.9 Å². The van der Waals surface area contributed by atoms with E-state index in [0.29, 0.717) is 12.3 Å². The van der Waals surface area contributed by atoms with E-state index in [1.807, 2.05) is 0 Å². The minimum absolute atomic E-state index is 0.101. The molecule has 1 amide bonds. The summed E-state index contributed by atoms with van der Waals surface area (Å²) in [5.74, 6) is 0.699. The Morgan fingerprint density at radius 3 is 2.25 bits per heavy atom. The predicted molar refractivity (Wildman–Crippen MR) is 102 cm³/mol. The minimum atomic E-state index is -1.02. The molecule has 1 aliphatic heterocycles. The van der Waals surface area contributed by atoms with Crippen LogP contribution >= 0.6 is 0 Å². The first-order valence-corrected chi connectivity index (χ1v) is 11.4. The molecule has 1 fully saturated rings. The Bertz CT molecular complexity index is 344. The van der Waals surface area contributed by atoms with Crippen molar-refractivity contribution in [3.05, 3.63) is 0 Å². The molecular formula is C19H37NO3S. The summed E-state index contributed by atoms with van der Waals surface area (Å²) in [6, 6.07) is 0.